The van der Waals surface area contributed by atoms with Crippen LogP contribution in [0, 0.1) is 0 Å². The molecule has 2 aliphatic rings. The minimum Gasteiger partial charge on any atom is -0.371 e. The standard InChI is InChI=1S/C23H22BrN3O3/c1-2-11-26-12-3-4-16-13-15(5-10-20(16)26)14-19-21(28)25-23(30)27(22(19)29)18-8-6-17(24)7-9-18/h5-10,13-14H,2-4,11-12H2,1H3,(H,25,28,30)/b19-14+. The summed E-state index contributed by atoms with van der Waals surface area (Å²) < 4.78 is 0.828. The SMILES string of the molecule is CCCN1CCCc2cc(/C=C3\C(=O)NC(=O)N(c4ccc(Br)cc4)C3=O)ccc21. The van der Waals surface area contributed by atoms with E-state index in [1.54, 1.807) is 30.3 Å². The van der Waals surface area contributed by atoms with Crippen molar-refractivity contribution in [1.29, 1.82) is 0 Å². The average Bonchev–Trinajstić information content (AvgIpc) is 2.72. The maximum absolute atomic E-state index is 13.0. The molecule has 2 aliphatic heterocycles. The van der Waals surface area contributed by atoms with Gasteiger partial charge in [-0.1, -0.05) is 28.9 Å². The second kappa shape index (κ2) is 8.44. The van der Waals surface area contributed by atoms with Crippen LogP contribution in [0.4, 0.5) is 16.2 Å². The summed E-state index contributed by atoms with van der Waals surface area (Å²) in [6.07, 6.45) is 4.70. The minimum atomic E-state index is -0.745. The normalized spacial score (nSPS) is 17.9. The molecule has 0 aliphatic carbocycles. The summed E-state index contributed by atoms with van der Waals surface area (Å²) in [6.45, 7) is 4.23. The fraction of sp³-hybridized carbons (Fsp3) is 0.261. The Labute approximate surface area is 183 Å². The lowest BCUT2D eigenvalue weighted by atomic mass is 9.97. The van der Waals surface area contributed by atoms with Crippen molar-refractivity contribution in [3.63, 3.8) is 0 Å². The van der Waals surface area contributed by atoms with Crippen LogP contribution in [0.25, 0.3) is 6.08 Å². The molecule has 2 aromatic rings. The number of benzene rings is 2. The molecule has 6 nitrogen and oxygen atoms in total. The smallest absolute Gasteiger partial charge is 0.335 e. The van der Waals surface area contributed by atoms with E-state index in [4.69, 9.17) is 0 Å². The molecule has 0 spiro atoms. The van der Waals surface area contributed by atoms with Gasteiger partial charge in [-0.25, -0.2) is 9.69 Å². The number of urea groups is 1. The van der Waals surface area contributed by atoms with Gasteiger partial charge in [0, 0.05) is 23.2 Å². The lowest BCUT2D eigenvalue weighted by molar-refractivity contribution is -0.122. The van der Waals surface area contributed by atoms with Crippen LogP contribution in [0.5, 0.6) is 0 Å². The summed E-state index contributed by atoms with van der Waals surface area (Å²) in [6, 6.07) is 12.0. The lowest BCUT2D eigenvalue weighted by Crippen LogP contribution is -2.54. The third-order valence-electron chi connectivity index (χ3n) is 5.31. The molecule has 2 heterocycles. The molecule has 0 atom stereocenters. The summed E-state index contributed by atoms with van der Waals surface area (Å²) in [5.41, 5.74) is 3.55. The van der Waals surface area contributed by atoms with Gasteiger partial charge in [-0.3, -0.25) is 14.9 Å². The van der Waals surface area contributed by atoms with E-state index in [2.05, 4.69) is 39.1 Å². The van der Waals surface area contributed by atoms with Crippen LogP contribution < -0.4 is 15.1 Å². The second-order valence-electron chi connectivity index (χ2n) is 7.41. The summed E-state index contributed by atoms with van der Waals surface area (Å²) >= 11 is 3.34. The van der Waals surface area contributed by atoms with Crippen molar-refractivity contribution in [3.05, 3.63) is 63.6 Å². The minimum absolute atomic E-state index is 0.0568. The third-order valence-corrected chi connectivity index (χ3v) is 5.84. The summed E-state index contributed by atoms with van der Waals surface area (Å²) in [5.74, 6) is -1.31. The largest absolute Gasteiger partial charge is 0.371 e. The van der Waals surface area contributed by atoms with E-state index in [9.17, 15) is 14.4 Å². The van der Waals surface area contributed by atoms with Crippen LogP contribution in [0.1, 0.15) is 30.9 Å². The van der Waals surface area contributed by atoms with Crippen LogP contribution in [0.2, 0.25) is 0 Å². The zero-order valence-corrected chi connectivity index (χ0v) is 18.2. The highest BCUT2D eigenvalue weighted by Gasteiger charge is 2.36. The number of hydrogen-bond acceptors (Lipinski definition) is 4. The molecule has 1 fully saturated rings. The number of barbiturate groups is 1. The van der Waals surface area contributed by atoms with Gasteiger partial charge >= 0.3 is 6.03 Å². The fourth-order valence-electron chi connectivity index (χ4n) is 3.94. The Morgan fingerprint density at radius 2 is 1.87 bits per heavy atom. The number of nitrogens with zero attached hydrogens (tertiary/aromatic N) is 2. The maximum Gasteiger partial charge on any atom is 0.335 e. The van der Waals surface area contributed by atoms with Crippen molar-refractivity contribution >= 4 is 51.2 Å². The van der Waals surface area contributed by atoms with Crippen molar-refractivity contribution < 1.29 is 14.4 Å². The van der Waals surface area contributed by atoms with Crippen LogP contribution in [0.3, 0.4) is 0 Å². The topological polar surface area (TPSA) is 69.7 Å². The quantitative estimate of drug-likeness (QED) is 0.538. The number of rotatable bonds is 4. The zero-order valence-electron chi connectivity index (χ0n) is 16.7. The summed E-state index contributed by atoms with van der Waals surface area (Å²) in [5, 5.41) is 2.27. The van der Waals surface area contributed by atoms with E-state index < -0.39 is 17.8 Å². The molecule has 0 aromatic heterocycles. The Morgan fingerprint density at radius 3 is 2.60 bits per heavy atom. The first kappa shape index (κ1) is 20.3. The predicted molar refractivity (Wildman–Crippen MR) is 120 cm³/mol. The van der Waals surface area contributed by atoms with Crippen molar-refractivity contribution in [1.82, 2.24) is 5.32 Å². The van der Waals surface area contributed by atoms with E-state index >= 15 is 0 Å². The number of anilines is 2. The van der Waals surface area contributed by atoms with Gasteiger partial charge in [-0.2, -0.15) is 0 Å². The van der Waals surface area contributed by atoms with Crippen LogP contribution in [0.15, 0.2) is 52.5 Å². The Hall–Kier alpha value is -2.93. The predicted octanol–water partition coefficient (Wildman–Crippen LogP) is 4.28. The number of hydrogen-bond donors (Lipinski definition) is 1. The van der Waals surface area contributed by atoms with Crippen LogP contribution in [-0.2, 0) is 16.0 Å². The van der Waals surface area contributed by atoms with Crippen LogP contribution >= 0.6 is 15.9 Å². The molecule has 7 heteroatoms. The van der Waals surface area contributed by atoms with E-state index in [0.717, 1.165) is 47.3 Å². The monoisotopic (exact) mass is 467 g/mol. The molecular formula is C23H22BrN3O3. The molecule has 1 saturated heterocycles. The van der Waals surface area contributed by atoms with Crippen LogP contribution in [-0.4, -0.2) is 30.9 Å². The second-order valence-corrected chi connectivity index (χ2v) is 8.33. The summed E-state index contributed by atoms with van der Waals surface area (Å²) in [7, 11) is 0. The third kappa shape index (κ3) is 3.89. The lowest BCUT2D eigenvalue weighted by Gasteiger charge is -2.31. The highest BCUT2D eigenvalue weighted by Crippen LogP contribution is 2.30. The van der Waals surface area contributed by atoms with Crippen molar-refractivity contribution in [2.45, 2.75) is 26.2 Å². The van der Waals surface area contributed by atoms with E-state index in [-0.39, 0.29) is 5.57 Å². The Bertz CT molecular complexity index is 1050. The molecule has 0 saturated carbocycles. The molecule has 4 amide bonds. The molecule has 154 valence electrons. The van der Waals surface area contributed by atoms with Crippen molar-refractivity contribution in [3.8, 4) is 0 Å². The molecule has 1 N–H and O–H groups in total. The van der Waals surface area contributed by atoms with Crippen molar-refractivity contribution in [2.24, 2.45) is 0 Å². The highest BCUT2D eigenvalue weighted by molar-refractivity contribution is 9.10. The molecule has 30 heavy (non-hydrogen) atoms. The number of carbonyl (C=O) groups excluding carboxylic acids is 3. The molecule has 2 aromatic carbocycles. The number of fused-ring (bicyclic) bond motifs is 1. The average molecular weight is 468 g/mol. The number of amides is 4. The van der Waals surface area contributed by atoms with Gasteiger partial charge in [0.25, 0.3) is 11.8 Å². The summed E-state index contributed by atoms with van der Waals surface area (Å²) in [4.78, 5) is 41.1. The number of halogens is 1. The van der Waals surface area contributed by atoms with E-state index in [0.29, 0.717) is 5.69 Å². The Balaban J connectivity index is 1.67. The van der Waals surface area contributed by atoms with E-state index in [1.807, 2.05) is 12.1 Å². The molecule has 4 rings (SSSR count). The number of aryl methyl sites for hydroxylation is 1. The number of carbonyl (C=O) groups is 3. The fourth-order valence-corrected chi connectivity index (χ4v) is 4.20. The van der Waals surface area contributed by atoms with Gasteiger partial charge < -0.3 is 4.90 Å². The first-order valence-corrected chi connectivity index (χ1v) is 10.8. The zero-order chi connectivity index (χ0) is 21.3. The molecule has 0 unspecified atom stereocenters. The first-order chi connectivity index (χ1) is 14.5. The Kier molecular flexibility index (Phi) is 5.72. The van der Waals surface area contributed by atoms with Gasteiger partial charge in [-0.05, 0) is 72.9 Å². The van der Waals surface area contributed by atoms with Gasteiger partial charge in [0.2, 0.25) is 0 Å². The number of nitrogens with one attached hydrogen (secondary N) is 1. The van der Waals surface area contributed by atoms with Gasteiger partial charge in [0.1, 0.15) is 5.57 Å². The van der Waals surface area contributed by atoms with Gasteiger partial charge in [0.15, 0.2) is 0 Å². The molecule has 0 bridgehead atoms. The highest BCUT2D eigenvalue weighted by atomic mass is 79.9. The number of imide groups is 2. The molecular weight excluding hydrogens is 446 g/mol. The molecule has 0 radical (unpaired) electrons. The maximum atomic E-state index is 13.0. The first-order valence-electron chi connectivity index (χ1n) is 10.0. The van der Waals surface area contributed by atoms with Crippen molar-refractivity contribution in [2.75, 3.05) is 22.9 Å². The van der Waals surface area contributed by atoms with E-state index in [1.165, 1.54) is 11.3 Å². The van der Waals surface area contributed by atoms with Gasteiger partial charge in [0.05, 0.1) is 5.69 Å². The van der Waals surface area contributed by atoms with Gasteiger partial charge in [-0.15, -0.1) is 0 Å². The Morgan fingerprint density at radius 1 is 1.10 bits per heavy atom.